The van der Waals surface area contributed by atoms with E-state index in [0.29, 0.717) is 63.1 Å². The Bertz CT molecular complexity index is 2030. The molecule has 1 aliphatic heterocycles. The number of benzene rings is 2. The third-order valence-electron chi connectivity index (χ3n) is 7.17. The van der Waals surface area contributed by atoms with Gasteiger partial charge in [0, 0.05) is 85.7 Å². The molecular weight excluding hydrogens is 981 g/mol. The summed E-state index contributed by atoms with van der Waals surface area (Å²) in [4.78, 5) is 30.9. The second kappa shape index (κ2) is 19.3. The van der Waals surface area contributed by atoms with Crippen LogP contribution in [0.15, 0.2) is 79.1 Å². The third-order valence-corrected chi connectivity index (χ3v) is 9.86. The molecule has 1 fully saturated rings. The monoisotopic (exact) mass is 1010 g/mol. The third kappa shape index (κ3) is 12.1. The Morgan fingerprint density at radius 2 is 1.41 bits per heavy atom. The predicted molar refractivity (Wildman–Crippen MR) is 202 cm³/mol. The number of halogens is 4. The van der Waals surface area contributed by atoms with Gasteiger partial charge in [0.1, 0.15) is 39.1 Å². The minimum Gasteiger partial charge on any atom is -0.481 e. The molecule has 0 unspecified atom stereocenters. The van der Waals surface area contributed by atoms with Crippen LogP contribution in [0.4, 0.5) is 5.82 Å². The number of hydrogen-bond donors (Lipinski definition) is 2. The number of aromatic nitrogens is 4. The van der Waals surface area contributed by atoms with Crippen LogP contribution in [-0.4, -0.2) is 59.2 Å². The van der Waals surface area contributed by atoms with E-state index in [1.165, 1.54) is 6.20 Å². The van der Waals surface area contributed by atoms with Crippen LogP contribution in [0.3, 0.4) is 0 Å². The van der Waals surface area contributed by atoms with Gasteiger partial charge in [0.2, 0.25) is 5.91 Å². The summed E-state index contributed by atoms with van der Waals surface area (Å²) >= 11 is 25.9. The zero-order valence-corrected chi connectivity index (χ0v) is 35.2. The van der Waals surface area contributed by atoms with Crippen molar-refractivity contribution in [3.05, 3.63) is 116 Å². The number of carboxylic acids is 1. The van der Waals surface area contributed by atoms with Crippen LogP contribution < -0.4 is 14.8 Å². The van der Waals surface area contributed by atoms with Gasteiger partial charge in [-0.15, -0.1) is 0 Å². The molecule has 0 aliphatic carbocycles. The van der Waals surface area contributed by atoms with Crippen LogP contribution >= 0.6 is 58.2 Å². The minimum absolute atomic E-state index is 0. The van der Waals surface area contributed by atoms with Gasteiger partial charge in [-0.3, -0.25) is 14.3 Å². The first-order valence-corrected chi connectivity index (χ1v) is 17.3. The van der Waals surface area contributed by atoms with E-state index in [9.17, 15) is 9.59 Å². The van der Waals surface area contributed by atoms with Crippen molar-refractivity contribution < 1.29 is 55.3 Å². The summed E-state index contributed by atoms with van der Waals surface area (Å²) in [6.45, 7) is 2.20. The molecule has 1 saturated heterocycles. The van der Waals surface area contributed by atoms with Crippen LogP contribution in [0.2, 0.25) is 20.4 Å². The van der Waals surface area contributed by atoms with E-state index < -0.39 is 5.97 Å². The molecule has 17 heteroatoms. The molecule has 5 aromatic rings. The quantitative estimate of drug-likeness (QED) is 0.106. The number of carbonyl (C=O) groups is 2. The van der Waals surface area contributed by atoms with E-state index in [1.807, 2.05) is 30.9 Å². The van der Waals surface area contributed by atoms with Gasteiger partial charge in [0.15, 0.2) is 0 Å². The zero-order chi connectivity index (χ0) is 37.8. The smallest absolute Gasteiger partial charge is 0.307 e. The zero-order valence-electron chi connectivity index (χ0n) is 29.2. The molecule has 1 radical (unpaired) electrons. The first-order valence-electron chi connectivity index (χ1n) is 15.8. The number of thioether (sulfide) groups is 1. The SMILES string of the molecule is Cn1nc(C2(C)CSC2)cc1NC(=O)Cc1ccc(Oc2ccnc(Cl)c2)c(Cl)c1.O=C(O)Cc1ccc(Oc2ccnc(Cl)c2)c(Cl)c1.[3H][B][3H].[U]. The molecule has 0 atom stereocenters. The Morgan fingerprint density at radius 3 is 1.84 bits per heavy atom. The first kappa shape index (κ1) is 39.3. The van der Waals surface area contributed by atoms with Crippen molar-refractivity contribution >= 4 is 84.2 Å². The summed E-state index contributed by atoms with van der Waals surface area (Å²) in [6, 6.07) is 18.6. The van der Waals surface area contributed by atoms with E-state index in [4.69, 9.17) is 63.7 Å². The Morgan fingerprint density at radius 1 is 0.902 bits per heavy atom. The Balaban J connectivity index is 0.000000284. The van der Waals surface area contributed by atoms with Crippen molar-refractivity contribution in [3.63, 3.8) is 0 Å². The summed E-state index contributed by atoms with van der Waals surface area (Å²) in [5.74, 6) is 3.69. The summed E-state index contributed by atoms with van der Waals surface area (Å²) in [6.07, 6.45) is 3.18. The standard InChI is InChI=1S/C21H20Cl2N4O2S.C13H9Cl2NO3.BH2.U/c1-21(11-30-12-21)17-10-19(27(2)26-17)25-20(28)8-13-3-4-16(15(22)7-13)29-14-5-6-24-18(23)9-14;14-10-5-8(6-13(17)18)1-2-11(10)19-9-3-4-16-12(15)7-9;;/h3-7,9-10H,8,11-12H2,1-2H3,(H,25,28);1-5,7H,6H2,(H,17,18);1H2;/i;;1T2;. The van der Waals surface area contributed by atoms with Crippen molar-refractivity contribution in [2.45, 2.75) is 25.2 Å². The normalized spacial score (nSPS) is 12.8. The number of carbonyl (C=O) groups excluding carboxylic acids is 1. The predicted octanol–water partition coefficient (Wildman–Crippen LogP) is 7.99. The van der Waals surface area contributed by atoms with Gasteiger partial charge in [-0.05, 0) is 50.2 Å². The maximum absolute atomic E-state index is 12.5. The van der Waals surface area contributed by atoms with Gasteiger partial charge >= 0.3 is 5.97 Å². The number of rotatable bonds is 10. The molecule has 1 amide bonds. The fourth-order valence-corrected chi connectivity index (χ4v) is 6.53. The van der Waals surface area contributed by atoms with Gasteiger partial charge in [0.05, 0.1) is 36.9 Å². The topological polar surface area (TPSA) is 128 Å². The van der Waals surface area contributed by atoms with Crippen LogP contribution in [0.5, 0.6) is 23.0 Å². The second-order valence-electron chi connectivity index (χ2n) is 11.2. The van der Waals surface area contributed by atoms with Crippen LogP contribution in [-0.2, 0) is 34.9 Å². The number of hydrogen-bond acceptors (Lipinski definition) is 8. The van der Waals surface area contributed by atoms with Crippen molar-refractivity contribution in [1.82, 2.24) is 19.7 Å². The fraction of sp³-hybridized carbons (Fsp3) is 0.206. The number of carboxylic acid groups (broad SMARTS) is 1. The van der Waals surface area contributed by atoms with E-state index in [0.717, 1.165) is 22.8 Å². The molecule has 0 saturated carbocycles. The molecule has 3 aromatic heterocycles. The second-order valence-corrected chi connectivity index (χ2v) is 13.8. The molecule has 4 heterocycles. The molecule has 2 aromatic carbocycles. The molecule has 2 N–H and O–H groups in total. The van der Waals surface area contributed by atoms with Gasteiger partial charge < -0.3 is 19.9 Å². The first-order chi connectivity index (χ1) is 24.8. The molecule has 0 bridgehead atoms. The van der Waals surface area contributed by atoms with E-state index >= 15 is 0 Å². The van der Waals surface area contributed by atoms with Gasteiger partial charge in [-0.2, -0.15) is 16.9 Å². The van der Waals surface area contributed by atoms with E-state index in [-0.39, 0.29) is 55.3 Å². The number of nitrogens with one attached hydrogen (secondary N) is 1. The molecule has 6 rings (SSSR count). The summed E-state index contributed by atoms with van der Waals surface area (Å²) in [5.41, 5.74) is 2.49. The summed E-state index contributed by atoms with van der Waals surface area (Å²) in [7, 11) is 2.34. The molecule has 1 aliphatic rings. The van der Waals surface area contributed by atoms with Gasteiger partial charge in [-0.25, -0.2) is 9.97 Å². The number of aryl methyl sites for hydroxylation is 1. The van der Waals surface area contributed by atoms with Crippen LogP contribution in [0.25, 0.3) is 0 Å². The van der Waals surface area contributed by atoms with Crippen molar-refractivity contribution in [2.75, 3.05) is 16.8 Å². The summed E-state index contributed by atoms with van der Waals surface area (Å²) in [5, 5.41) is 17.6. The number of aliphatic carboxylic acids is 1. The minimum atomic E-state index is -0.911. The number of ether oxygens (including phenoxy) is 2. The number of nitrogens with zero attached hydrogens (tertiary/aromatic N) is 4. The van der Waals surface area contributed by atoms with Crippen molar-refractivity contribution in [1.29, 1.82) is 2.67 Å². The Kier molecular flexibility index (Phi) is 14.9. The maximum atomic E-state index is 12.5. The molecule has 263 valence electrons. The Hall–Kier alpha value is -2.88. The average Bonchev–Trinajstić information content (AvgIpc) is 3.42. The van der Waals surface area contributed by atoms with Gasteiger partial charge in [-0.1, -0.05) is 65.5 Å². The van der Waals surface area contributed by atoms with Crippen LogP contribution in [0, 0.1) is 31.1 Å². The van der Waals surface area contributed by atoms with E-state index in [2.05, 4.69) is 27.3 Å². The largest absolute Gasteiger partial charge is 0.481 e. The average molecular weight is 1020 g/mol. The maximum Gasteiger partial charge on any atom is 0.307 e. The fourth-order valence-electron chi connectivity index (χ4n) is 4.61. The summed E-state index contributed by atoms with van der Waals surface area (Å²) < 4.78 is 24.5. The molecule has 10 nitrogen and oxygen atoms in total. The molecule has 51 heavy (non-hydrogen) atoms. The number of amides is 1. The molecule has 0 spiro atoms. The molecular formula is C34H31BCl4N5O5SU. The van der Waals surface area contributed by atoms with Crippen molar-refractivity contribution in [2.24, 2.45) is 7.05 Å². The van der Waals surface area contributed by atoms with Crippen molar-refractivity contribution in [3.8, 4) is 23.0 Å². The Labute approximate surface area is 347 Å². The van der Waals surface area contributed by atoms with E-state index in [1.54, 1.807) is 65.5 Å². The number of anilines is 1. The van der Waals surface area contributed by atoms with Crippen LogP contribution in [0.1, 0.15) is 23.7 Å². The number of pyridine rings is 2. The van der Waals surface area contributed by atoms with Gasteiger partial charge in [0.25, 0.3) is 0 Å².